The van der Waals surface area contributed by atoms with Crippen LogP contribution in [0.3, 0.4) is 0 Å². The zero-order valence-corrected chi connectivity index (χ0v) is 11.2. The van der Waals surface area contributed by atoms with Gasteiger partial charge in [-0.2, -0.15) is 0 Å². The highest BCUT2D eigenvalue weighted by Gasteiger charge is 2.39. The highest BCUT2D eigenvalue weighted by Crippen LogP contribution is 2.49. The molecule has 2 bridgehead atoms. The summed E-state index contributed by atoms with van der Waals surface area (Å²) in [5.41, 5.74) is 5.32. The lowest BCUT2D eigenvalue weighted by atomic mass is 9.86. The van der Waals surface area contributed by atoms with Gasteiger partial charge in [0.2, 0.25) is 5.91 Å². The summed E-state index contributed by atoms with van der Waals surface area (Å²) in [6.07, 6.45) is 7.05. The molecule has 3 N–H and O–H groups in total. The van der Waals surface area contributed by atoms with E-state index in [2.05, 4.69) is 5.32 Å². The van der Waals surface area contributed by atoms with Crippen molar-refractivity contribution < 1.29 is 9.53 Å². The molecule has 2 aliphatic carbocycles. The molecule has 2 rings (SSSR count). The van der Waals surface area contributed by atoms with Gasteiger partial charge in [0.25, 0.3) is 0 Å². The SMILES string of the molecule is NCCOCCCNC(=O)CC1CC2CCC1C2. The number of nitrogens with two attached hydrogens (primary N) is 1. The molecular formula is C14H26N2O2. The molecule has 18 heavy (non-hydrogen) atoms. The van der Waals surface area contributed by atoms with Crippen molar-refractivity contribution in [3.63, 3.8) is 0 Å². The highest BCUT2D eigenvalue weighted by molar-refractivity contribution is 5.76. The van der Waals surface area contributed by atoms with Crippen LogP contribution >= 0.6 is 0 Å². The first-order chi connectivity index (χ1) is 8.79. The normalized spacial score (nSPS) is 29.7. The molecule has 0 aromatic heterocycles. The first-order valence-electron chi connectivity index (χ1n) is 7.34. The number of carbonyl (C=O) groups excluding carboxylic acids is 1. The number of hydrogen-bond acceptors (Lipinski definition) is 3. The maximum atomic E-state index is 11.8. The van der Waals surface area contributed by atoms with Crippen LogP contribution in [0.5, 0.6) is 0 Å². The summed E-state index contributed by atoms with van der Waals surface area (Å²) in [6.45, 7) is 2.59. The Hall–Kier alpha value is -0.610. The molecule has 4 heteroatoms. The van der Waals surface area contributed by atoms with Crippen molar-refractivity contribution in [2.75, 3.05) is 26.3 Å². The lowest BCUT2D eigenvalue weighted by Gasteiger charge is -2.20. The molecule has 3 atom stereocenters. The molecule has 2 fully saturated rings. The molecular weight excluding hydrogens is 228 g/mol. The van der Waals surface area contributed by atoms with E-state index in [1.54, 1.807) is 0 Å². The smallest absolute Gasteiger partial charge is 0.220 e. The topological polar surface area (TPSA) is 64.3 Å². The quantitative estimate of drug-likeness (QED) is 0.642. The minimum atomic E-state index is 0.228. The van der Waals surface area contributed by atoms with Gasteiger partial charge in [-0.3, -0.25) is 4.79 Å². The maximum Gasteiger partial charge on any atom is 0.220 e. The Labute approximate surface area is 110 Å². The van der Waals surface area contributed by atoms with Crippen molar-refractivity contribution >= 4 is 5.91 Å². The van der Waals surface area contributed by atoms with E-state index in [1.807, 2.05) is 0 Å². The zero-order valence-electron chi connectivity index (χ0n) is 11.2. The highest BCUT2D eigenvalue weighted by atomic mass is 16.5. The van der Waals surface area contributed by atoms with Crippen LogP contribution in [-0.2, 0) is 9.53 Å². The third-order valence-corrected chi connectivity index (χ3v) is 4.38. The standard InChI is InChI=1S/C14H26N2O2/c15-4-7-18-6-1-5-16-14(17)10-13-9-11-2-3-12(13)8-11/h11-13H,1-10,15H2,(H,16,17). The number of fused-ring (bicyclic) bond motifs is 2. The van der Waals surface area contributed by atoms with Crippen molar-refractivity contribution in [3.05, 3.63) is 0 Å². The van der Waals surface area contributed by atoms with E-state index in [4.69, 9.17) is 10.5 Å². The first kappa shape index (κ1) is 13.8. The zero-order chi connectivity index (χ0) is 12.8. The van der Waals surface area contributed by atoms with Crippen LogP contribution in [0.25, 0.3) is 0 Å². The van der Waals surface area contributed by atoms with Crippen molar-refractivity contribution in [2.45, 2.75) is 38.5 Å². The third kappa shape index (κ3) is 3.95. The van der Waals surface area contributed by atoms with Gasteiger partial charge in [-0.25, -0.2) is 0 Å². The lowest BCUT2D eigenvalue weighted by Crippen LogP contribution is -2.28. The molecule has 2 aliphatic rings. The molecule has 4 nitrogen and oxygen atoms in total. The number of amides is 1. The summed E-state index contributed by atoms with van der Waals surface area (Å²) in [6, 6.07) is 0. The second-order valence-electron chi connectivity index (χ2n) is 5.74. The Kier molecular flexibility index (Phi) is 5.45. The van der Waals surface area contributed by atoms with Crippen LogP contribution in [0, 0.1) is 17.8 Å². The fraction of sp³-hybridized carbons (Fsp3) is 0.929. The predicted octanol–water partition coefficient (Wildman–Crippen LogP) is 1.29. The van der Waals surface area contributed by atoms with E-state index < -0.39 is 0 Å². The Morgan fingerprint density at radius 1 is 1.28 bits per heavy atom. The van der Waals surface area contributed by atoms with Crippen molar-refractivity contribution in [3.8, 4) is 0 Å². The summed E-state index contributed by atoms with van der Waals surface area (Å²) in [5, 5.41) is 3.00. The van der Waals surface area contributed by atoms with Crippen LogP contribution in [0.1, 0.15) is 38.5 Å². The molecule has 2 saturated carbocycles. The van der Waals surface area contributed by atoms with Gasteiger partial charge in [-0.15, -0.1) is 0 Å². The largest absolute Gasteiger partial charge is 0.380 e. The Morgan fingerprint density at radius 2 is 2.17 bits per heavy atom. The number of nitrogens with one attached hydrogen (secondary N) is 1. The summed E-state index contributed by atoms with van der Waals surface area (Å²) in [7, 11) is 0. The van der Waals surface area contributed by atoms with Crippen LogP contribution in [0.15, 0.2) is 0 Å². The van der Waals surface area contributed by atoms with Gasteiger partial charge in [0.05, 0.1) is 6.61 Å². The van der Waals surface area contributed by atoms with Crippen LogP contribution < -0.4 is 11.1 Å². The molecule has 0 aliphatic heterocycles. The molecule has 3 unspecified atom stereocenters. The molecule has 1 amide bonds. The molecule has 0 heterocycles. The van der Waals surface area contributed by atoms with Gasteiger partial charge < -0.3 is 15.8 Å². The predicted molar refractivity (Wildman–Crippen MR) is 71.1 cm³/mol. The molecule has 0 radical (unpaired) electrons. The average Bonchev–Trinajstić information content (AvgIpc) is 2.95. The van der Waals surface area contributed by atoms with Gasteiger partial charge in [0.15, 0.2) is 0 Å². The van der Waals surface area contributed by atoms with Crippen LogP contribution in [-0.4, -0.2) is 32.2 Å². The lowest BCUT2D eigenvalue weighted by molar-refractivity contribution is -0.122. The van der Waals surface area contributed by atoms with Gasteiger partial charge in [0.1, 0.15) is 0 Å². The fourth-order valence-electron chi connectivity index (χ4n) is 3.52. The molecule has 0 spiro atoms. The third-order valence-electron chi connectivity index (χ3n) is 4.38. The van der Waals surface area contributed by atoms with Crippen LogP contribution in [0.4, 0.5) is 0 Å². The maximum absolute atomic E-state index is 11.8. The molecule has 0 saturated heterocycles. The fourth-order valence-corrected chi connectivity index (χ4v) is 3.52. The van der Waals surface area contributed by atoms with E-state index >= 15 is 0 Å². The molecule has 104 valence electrons. The van der Waals surface area contributed by atoms with Crippen molar-refractivity contribution in [2.24, 2.45) is 23.5 Å². The van der Waals surface area contributed by atoms with E-state index in [0.29, 0.717) is 25.7 Å². The molecule has 0 aromatic rings. The van der Waals surface area contributed by atoms with Gasteiger partial charge in [-0.05, 0) is 43.4 Å². The van der Waals surface area contributed by atoms with Gasteiger partial charge in [0, 0.05) is 26.1 Å². The summed E-state index contributed by atoms with van der Waals surface area (Å²) >= 11 is 0. The van der Waals surface area contributed by atoms with E-state index in [9.17, 15) is 4.79 Å². The Bertz CT molecular complexity index is 271. The van der Waals surface area contributed by atoms with Gasteiger partial charge in [-0.1, -0.05) is 6.42 Å². The van der Waals surface area contributed by atoms with Crippen molar-refractivity contribution in [1.82, 2.24) is 5.32 Å². The summed E-state index contributed by atoms with van der Waals surface area (Å²) in [4.78, 5) is 11.8. The van der Waals surface area contributed by atoms with Gasteiger partial charge >= 0.3 is 0 Å². The minimum Gasteiger partial charge on any atom is -0.380 e. The number of carbonyl (C=O) groups is 1. The Morgan fingerprint density at radius 3 is 2.83 bits per heavy atom. The number of rotatable bonds is 8. The summed E-state index contributed by atoms with van der Waals surface area (Å²) < 4.78 is 5.26. The second-order valence-corrected chi connectivity index (χ2v) is 5.74. The molecule has 0 aromatic carbocycles. The van der Waals surface area contributed by atoms with Crippen LogP contribution in [0.2, 0.25) is 0 Å². The second kappa shape index (κ2) is 7.10. The Balaban J connectivity index is 1.50. The average molecular weight is 254 g/mol. The number of ether oxygens (including phenoxy) is 1. The summed E-state index contributed by atoms with van der Waals surface area (Å²) in [5.74, 6) is 2.66. The van der Waals surface area contributed by atoms with E-state index in [0.717, 1.165) is 31.2 Å². The first-order valence-corrected chi connectivity index (χ1v) is 7.34. The van der Waals surface area contributed by atoms with E-state index in [-0.39, 0.29) is 5.91 Å². The number of hydrogen-bond donors (Lipinski definition) is 2. The van der Waals surface area contributed by atoms with E-state index in [1.165, 1.54) is 25.7 Å². The minimum absolute atomic E-state index is 0.228. The monoisotopic (exact) mass is 254 g/mol. The van der Waals surface area contributed by atoms with Crippen molar-refractivity contribution in [1.29, 1.82) is 0 Å².